The van der Waals surface area contributed by atoms with Gasteiger partial charge in [0.1, 0.15) is 11.8 Å². The Morgan fingerprint density at radius 1 is 1.29 bits per heavy atom. The lowest BCUT2D eigenvalue weighted by Crippen LogP contribution is -2.34. The molecule has 0 fully saturated rings. The molecule has 0 aliphatic carbocycles. The van der Waals surface area contributed by atoms with Crippen LogP contribution in [-0.2, 0) is 11.2 Å². The Kier molecular flexibility index (Phi) is 7.30. The summed E-state index contributed by atoms with van der Waals surface area (Å²) >= 11 is 0. The predicted molar refractivity (Wildman–Crippen MR) is 107 cm³/mol. The van der Waals surface area contributed by atoms with Gasteiger partial charge in [-0.25, -0.2) is 9.97 Å². The van der Waals surface area contributed by atoms with Crippen LogP contribution >= 0.6 is 0 Å². The summed E-state index contributed by atoms with van der Waals surface area (Å²) in [6, 6.07) is 3.86. The van der Waals surface area contributed by atoms with Crippen LogP contribution in [0, 0.1) is 31.1 Å². The fourth-order valence-electron chi connectivity index (χ4n) is 3.24. The number of aryl methyl sites for hydroxylation is 2. The third-order valence-electron chi connectivity index (χ3n) is 5.12. The van der Waals surface area contributed by atoms with Crippen LogP contribution in [0.4, 0.5) is 0 Å². The first kappa shape index (κ1) is 21.6. The Balaban J connectivity index is 2.56. The molecule has 7 nitrogen and oxygen atoms in total. The highest BCUT2D eigenvalue weighted by Crippen LogP contribution is 2.22. The van der Waals surface area contributed by atoms with Crippen LogP contribution in [0.15, 0.2) is 17.1 Å². The molecule has 7 heteroatoms. The highest BCUT2D eigenvalue weighted by molar-refractivity contribution is 5.35. The van der Waals surface area contributed by atoms with Gasteiger partial charge in [0, 0.05) is 31.0 Å². The number of rotatable bonds is 8. The number of methoxy groups -OCH3 is 2. The molecule has 2 rings (SSSR count). The van der Waals surface area contributed by atoms with Crippen LogP contribution in [0.5, 0.6) is 5.88 Å². The van der Waals surface area contributed by atoms with Crippen LogP contribution in [-0.4, -0.2) is 35.4 Å². The molecule has 2 aromatic heterocycles. The highest BCUT2D eigenvalue weighted by atomic mass is 16.5. The lowest BCUT2D eigenvalue weighted by molar-refractivity contribution is 0.125. The van der Waals surface area contributed by atoms with Crippen LogP contribution in [0.1, 0.15) is 54.5 Å². The number of hydrogen-bond acceptors (Lipinski definition) is 6. The van der Waals surface area contributed by atoms with Gasteiger partial charge in [0.05, 0.1) is 19.8 Å². The molecule has 2 unspecified atom stereocenters. The average Bonchev–Trinajstić information content (AvgIpc) is 2.69. The number of aromatic nitrogens is 3. The van der Waals surface area contributed by atoms with E-state index in [1.165, 1.54) is 6.20 Å². The summed E-state index contributed by atoms with van der Waals surface area (Å²) in [5.41, 5.74) is 2.89. The zero-order valence-electron chi connectivity index (χ0n) is 17.4. The molecule has 0 radical (unpaired) electrons. The fourth-order valence-corrected chi connectivity index (χ4v) is 3.24. The standard InChI is InChI=1S/C21H28N4O3/c1-7-13(2)19(12-27-5)25-11-17(10-22)24-18(21(25)26)9-16-8-14(3)20(28-6)23-15(16)4/h8,11,13,19H,7,9,12H2,1-6H3. The summed E-state index contributed by atoms with van der Waals surface area (Å²) in [5.74, 6) is 0.778. The first-order valence-corrected chi connectivity index (χ1v) is 9.38. The van der Waals surface area contributed by atoms with Gasteiger partial charge in [-0.1, -0.05) is 20.3 Å². The van der Waals surface area contributed by atoms with E-state index >= 15 is 0 Å². The van der Waals surface area contributed by atoms with Gasteiger partial charge in [-0.05, 0) is 31.4 Å². The normalized spacial score (nSPS) is 13.0. The molecule has 0 bridgehead atoms. The van der Waals surface area contributed by atoms with E-state index in [0.717, 1.165) is 23.2 Å². The number of nitriles is 1. The number of nitrogens with zero attached hydrogens (tertiary/aromatic N) is 4. The van der Waals surface area contributed by atoms with Gasteiger partial charge in [0.25, 0.3) is 5.56 Å². The van der Waals surface area contributed by atoms with Gasteiger partial charge in [-0.2, -0.15) is 5.26 Å². The lowest BCUT2D eigenvalue weighted by Gasteiger charge is -2.25. The summed E-state index contributed by atoms with van der Waals surface area (Å²) in [5, 5.41) is 9.43. The lowest BCUT2D eigenvalue weighted by atomic mass is 9.99. The molecular formula is C21H28N4O3. The first-order valence-electron chi connectivity index (χ1n) is 9.38. The predicted octanol–water partition coefficient (Wildman–Crippen LogP) is 2.96. The molecule has 0 aliphatic rings. The van der Waals surface area contributed by atoms with Crippen molar-refractivity contribution < 1.29 is 9.47 Å². The third kappa shape index (κ3) is 4.57. The summed E-state index contributed by atoms with van der Waals surface area (Å²) < 4.78 is 12.2. The maximum Gasteiger partial charge on any atom is 0.273 e. The Morgan fingerprint density at radius 3 is 2.57 bits per heavy atom. The van der Waals surface area contributed by atoms with Crippen LogP contribution < -0.4 is 10.3 Å². The van der Waals surface area contributed by atoms with Gasteiger partial charge in [0.2, 0.25) is 5.88 Å². The van der Waals surface area contributed by atoms with Crippen LogP contribution in [0.2, 0.25) is 0 Å². The Labute approximate surface area is 166 Å². The molecule has 2 atom stereocenters. The summed E-state index contributed by atoms with van der Waals surface area (Å²) in [6.45, 7) is 8.32. The maximum atomic E-state index is 13.2. The molecule has 0 amide bonds. The summed E-state index contributed by atoms with van der Waals surface area (Å²) in [4.78, 5) is 21.9. The second kappa shape index (κ2) is 9.47. The molecule has 2 heterocycles. The van der Waals surface area contributed by atoms with Gasteiger partial charge in [-0.3, -0.25) is 4.79 Å². The van der Waals surface area contributed by atoms with E-state index in [1.807, 2.05) is 19.9 Å². The van der Waals surface area contributed by atoms with E-state index in [0.29, 0.717) is 24.6 Å². The van der Waals surface area contributed by atoms with Crippen molar-refractivity contribution in [3.05, 3.63) is 50.8 Å². The van der Waals surface area contributed by atoms with Crippen molar-refractivity contribution >= 4 is 0 Å². The largest absolute Gasteiger partial charge is 0.481 e. The van der Waals surface area contributed by atoms with E-state index in [9.17, 15) is 10.1 Å². The minimum Gasteiger partial charge on any atom is -0.481 e. The molecule has 150 valence electrons. The monoisotopic (exact) mass is 384 g/mol. The molecule has 0 saturated heterocycles. The molecular weight excluding hydrogens is 356 g/mol. The van der Waals surface area contributed by atoms with E-state index in [2.05, 4.69) is 29.9 Å². The molecule has 2 aromatic rings. The van der Waals surface area contributed by atoms with Crippen molar-refractivity contribution in [1.82, 2.24) is 14.5 Å². The molecule has 0 saturated carbocycles. The minimum atomic E-state index is -0.200. The van der Waals surface area contributed by atoms with E-state index in [4.69, 9.17) is 9.47 Å². The summed E-state index contributed by atoms with van der Waals surface area (Å²) in [6.07, 6.45) is 2.73. The van der Waals surface area contributed by atoms with Gasteiger partial charge < -0.3 is 14.0 Å². The zero-order chi connectivity index (χ0) is 20.8. The van der Waals surface area contributed by atoms with Crippen molar-refractivity contribution in [1.29, 1.82) is 5.26 Å². The number of hydrogen-bond donors (Lipinski definition) is 0. The molecule has 0 aromatic carbocycles. The van der Waals surface area contributed by atoms with Gasteiger partial charge in [0.15, 0.2) is 5.69 Å². The van der Waals surface area contributed by atoms with Crippen molar-refractivity contribution in [2.24, 2.45) is 5.92 Å². The second-order valence-electron chi connectivity index (χ2n) is 7.04. The van der Waals surface area contributed by atoms with Crippen molar-refractivity contribution in [3.8, 4) is 11.9 Å². The zero-order valence-corrected chi connectivity index (χ0v) is 17.4. The quantitative estimate of drug-likeness (QED) is 0.695. The van der Waals surface area contributed by atoms with E-state index < -0.39 is 0 Å². The first-order chi connectivity index (χ1) is 13.4. The number of ether oxygens (including phenoxy) is 2. The highest BCUT2D eigenvalue weighted by Gasteiger charge is 2.22. The molecule has 0 aliphatic heterocycles. The van der Waals surface area contributed by atoms with Crippen molar-refractivity contribution in [2.45, 2.75) is 46.6 Å². The topological polar surface area (TPSA) is 90.0 Å². The Hall–Kier alpha value is -2.72. The molecule has 0 spiro atoms. The summed E-state index contributed by atoms with van der Waals surface area (Å²) in [7, 11) is 3.19. The van der Waals surface area contributed by atoms with E-state index in [-0.39, 0.29) is 23.2 Å². The smallest absolute Gasteiger partial charge is 0.273 e. The fraction of sp³-hybridized carbons (Fsp3) is 0.524. The maximum absolute atomic E-state index is 13.2. The number of pyridine rings is 1. The van der Waals surface area contributed by atoms with Crippen LogP contribution in [0.3, 0.4) is 0 Å². The minimum absolute atomic E-state index is 0.159. The molecule has 28 heavy (non-hydrogen) atoms. The van der Waals surface area contributed by atoms with Crippen LogP contribution in [0.25, 0.3) is 0 Å². The van der Waals surface area contributed by atoms with E-state index in [1.54, 1.807) is 18.8 Å². The second-order valence-corrected chi connectivity index (χ2v) is 7.04. The molecule has 0 N–H and O–H groups in total. The van der Waals surface area contributed by atoms with Crippen molar-refractivity contribution in [3.63, 3.8) is 0 Å². The van der Waals surface area contributed by atoms with Gasteiger partial charge >= 0.3 is 0 Å². The third-order valence-corrected chi connectivity index (χ3v) is 5.12. The Bertz CT molecular complexity index is 930. The Morgan fingerprint density at radius 2 is 2.00 bits per heavy atom. The SMILES string of the molecule is CCC(C)C(COC)n1cc(C#N)nc(Cc2cc(C)c(OC)nc2C)c1=O. The van der Waals surface area contributed by atoms with Crippen molar-refractivity contribution in [2.75, 3.05) is 20.8 Å². The average molecular weight is 384 g/mol. The van der Waals surface area contributed by atoms with Gasteiger partial charge in [-0.15, -0.1) is 0 Å².